The van der Waals surface area contributed by atoms with E-state index >= 15 is 0 Å². The van der Waals surface area contributed by atoms with E-state index in [9.17, 15) is 9.18 Å². The molecule has 1 aliphatic rings. The van der Waals surface area contributed by atoms with Gasteiger partial charge in [-0.25, -0.2) is 9.37 Å². The molecule has 0 saturated carbocycles. The Labute approximate surface area is 173 Å². The minimum absolute atomic E-state index is 0.114. The van der Waals surface area contributed by atoms with Crippen LogP contribution >= 0.6 is 11.3 Å². The van der Waals surface area contributed by atoms with Crippen molar-refractivity contribution in [3.05, 3.63) is 77.1 Å². The summed E-state index contributed by atoms with van der Waals surface area (Å²) in [6.45, 7) is 4.19. The third-order valence-corrected chi connectivity index (χ3v) is 5.76. The first-order chi connectivity index (χ1) is 14.2. The van der Waals surface area contributed by atoms with Gasteiger partial charge in [-0.2, -0.15) is 0 Å². The van der Waals surface area contributed by atoms with Gasteiger partial charge < -0.3 is 10.2 Å². The number of benzene rings is 2. The van der Waals surface area contributed by atoms with Crippen LogP contribution in [0.4, 0.5) is 15.2 Å². The van der Waals surface area contributed by atoms with Crippen LogP contribution < -0.4 is 5.32 Å². The highest BCUT2D eigenvalue weighted by molar-refractivity contribution is 7.13. The molecule has 0 aliphatic carbocycles. The normalized spacial score (nSPS) is 14.7. The number of carbonyl (C=O) groups excluding carboxylic acids is 1. The number of hydrogen-bond donors (Lipinski definition) is 1. The van der Waals surface area contributed by atoms with Crippen LogP contribution in [0.1, 0.15) is 11.3 Å². The minimum atomic E-state index is -0.273. The molecule has 1 N–H and O–H groups in total. The Bertz CT molecular complexity index is 937. The van der Waals surface area contributed by atoms with Crippen molar-refractivity contribution < 1.29 is 9.18 Å². The van der Waals surface area contributed by atoms with E-state index in [0.29, 0.717) is 11.6 Å². The number of hydrogen-bond acceptors (Lipinski definition) is 5. The zero-order valence-corrected chi connectivity index (χ0v) is 16.9. The summed E-state index contributed by atoms with van der Waals surface area (Å²) < 4.78 is 13.0. The number of halogens is 1. The standard InChI is InChI=1S/C22H23FN4OS/c23-18-6-8-19(9-7-18)24-22-25-20(16-29-22)14-21(28)27-12-10-26(11-13-27)15-17-4-2-1-3-5-17/h1-9,16H,10-15H2,(H,24,25). The molecule has 3 aromatic rings. The lowest BCUT2D eigenvalue weighted by Crippen LogP contribution is -2.48. The fourth-order valence-electron chi connectivity index (χ4n) is 3.37. The predicted octanol–water partition coefficient (Wildman–Crippen LogP) is 3.91. The van der Waals surface area contributed by atoms with Crippen LogP contribution in [0.15, 0.2) is 60.0 Å². The fourth-order valence-corrected chi connectivity index (χ4v) is 4.10. The Morgan fingerprint density at radius 2 is 1.76 bits per heavy atom. The van der Waals surface area contributed by atoms with Crippen molar-refractivity contribution >= 4 is 28.1 Å². The van der Waals surface area contributed by atoms with E-state index in [2.05, 4.69) is 39.5 Å². The number of thiazole rings is 1. The number of nitrogens with one attached hydrogen (secondary N) is 1. The Hall–Kier alpha value is -2.77. The molecule has 0 atom stereocenters. The summed E-state index contributed by atoms with van der Waals surface area (Å²) >= 11 is 1.44. The minimum Gasteiger partial charge on any atom is -0.340 e. The molecule has 1 fully saturated rings. The molecule has 0 unspecified atom stereocenters. The molecule has 29 heavy (non-hydrogen) atoms. The van der Waals surface area contributed by atoms with Crippen molar-refractivity contribution in [2.24, 2.45) is 0 Å². The SMILES string of the molecule is O=C(Cc1csc(Nc2ccc(F)cc2)n1)N1CCN(Cc2ccccc2)CC1. The van der Waals surface area contributed by atoms with Crippen LogP contribution in [-0.4, -0.2) is 46.9 Å². The van der Waals surface area contributed by atoms with Crippen molar-refractivity contribution in [1.29, 1.82) is 0 Å². The molecule has 0 bridgehead atoms. The number of anilines is 2. The topological polar surface area (TPSA) is 48.5 Å². The van der Waals surface area contributed by atoms with E-state index in [1.165, 1.54) is 29.0 Å². The lowest BCUT2D eigenvalue weighted by Gasteiger charge is -2.34. The van der Waals surface area contributed by atoms with Crippen LogP contribution in [0.2, 0.25) is 0 Å². The van der Waals surface area contributed by atoms with Crippen LogP contribution in [0.25, 0.3) is 0 Å². The Kier molecular flexibility index (Phi) is 6.17. The van der Waals surface area contributed by atoms with Gasteiger partial charge in [-0.1, -0.05) is 30.3 Å². The number of amides is 1. The Balaban J connectivity index is 1.26. The molecule has 4 rings (SSSR count). The highest BCUT2D eigenvalue weighted by Crippen LogP contribution is 2.22. The van der Waals surface area contributed by atoms with Crippen molar-refractivity contribution in [2.45, 2.75) is 13.0 Å². The molecule has 1 saturated heterocycles. The number of piperazine rings is 1. The molecule has 1 amide bonds. The van der Waals surface area contributed by atoms with E-state index in [4.69, 9.17) is 0 Å². The number of rotatable bonds is 6. The van der Waals surface area contributed by atoms with Gasteiger partial charge in [-0.15, -0.1) is 11.3 Å². The second-order valence-corrected chi connectivity index (χ2v) is 7.95. The molecular formula is C22H23FN4OS. The largest absolute Gasteiger partial charge is 0.340 e. The van der Waals surface area contributed by atoms with E-state index in [-0.39, 0.29) is 11.7 Å². The highest BCUT2D eigenvalue weighted by Gasteiger charge is 2.22. The van der Waals surface area contributed by atoms with Gasteiger partial charge in [0.25, 0.3) is 0 Å². The second kappa shape index (κ2) is 9.15. The summed E-state index contributed by atoms with van der Waals surface area (Å²) in [4.78, 5) is 21.4. The summed E-state index contributed by atoms with van der Waals surface area (Å²) in [7, 11) is 0. The van der Waals surface area contributed by atoms with Crippen LogP contribution in [-0.2, 0) is 17.8 Å². The van der Waals surface area contributed by atoms with Crippen molar-refractivity contribution in [3.63, 3.8) is 0 Å². The molecular weight excluding hydrogens is 387 g/mol. The molecule has 0 spiro atoms. The summed E-state index contributed by atoms with van der Waals surface area (Å²) in [6.07, 6.45) is 0.306. The maximum absolute atomic E-state index is 13.0. The van der Waals surface area contributed by atoms with Crippen molar-refractivity contribution in [1.82, 2.24) is 14.8 Å². The van der Waals surface area contributed by atoms with Gasteiger partial charge in [-0.3, -0.25) is 9.69 Å². The second-order valence-electron chi connectivity index (χ2n) is 7.10. The van der Waals surface area contributed by atoms with Crippen molar-refractivity contribution in [3.8, 4) is 0 Å². The maximum atomic E-state index is 13.0. The summed E-state index contributed by atoms with van der Waals surface area (Å²) in [5.41, 5.74) is 2.83. The van der Waals surface area contributed by atoms with Gasteiger partial charge in [0.2, 0.25) is 5.91 Å². The van der Waals surface area contributed by atoms with Gasteiger partial charge in [0.1, 0.15) is 5.82 Å². The summed E-state index contributed by atoms with van der Waals surface area (Å²) in [6, 6.07) is 16.5. The molecule has 1 aliphatic heterocycles. The summed E-state index contributed by atoms with van der Waals surface area (Å²) in [5.74, 6) is -0.159. The van der Waals surface area contributed by atoms with Gasteiger partial charge in [0, 0.05) is 43.8 Å². The van der Waals surface area contributed by atoms with E-state index in [1.54, 1.807) is 12.1 Å². The Morgan fingerprint density at radius 1 is 1.03 bits per heavy atom. The van der Waals surface area contributed by atoms with Crippen molar-refractivity contribution in [2.75, 3.05) is 31.5 Å². The monoisotopic (exact) mass is 410 g/mol. The lowest BCUT2D eigenvalue weighted by atomic mass is 10.2. The average Bonchev–Trinajstić information content (AvgIpc) is 3.18. The smallest absolute Gasteiger partial charge is 0.228 e. The van der Waals surface area contributed by atoms with E-state index in [1.807, 2.05) is 16.3 Å². The first-order valence-electron chi connectivity index (χ1n) is 9.67. The lowest BCUT2D eigenvalue weighted by molar-refractivity contribution is -0.132. The molecule has 1 aromatic heterocycles. The highest BCUT2D eigenvalue weighted by atomic mass is 32.1. The predicted molar refractivity (Wildman–Crippen MR) is 114 cm³/mol. The molecule has 7 heteroatoms. The summed E-state index contributed by atoms with van der Waals surface area (Å²) in [5, 5.41) is 5.74. The van der Waals surface area contributed by atoms with E-state index in [0.717, 1.165) is 44.1 Å². The quantitative estimate of drug-likeness (QED) is 0.669. The molecule has 5 nitrogen and oxygen atoms in total. The maximum Gasteiger partial charge on any atom is 0.228 e. The number of aromatic nitrogens is 1. The van der Waals surface area contributed by atoms with Gasteiger partial charge in [0.15, 0.2) is 5.13 Å². The van der Waals surface area contributed by atoms with Gasteiger partial charge in [0.05, 0.1) is 12.1 Å². The first kappa shape index (κ1) is 19.5. The fraction of sp³-hybridized carbons (Fsp3) is 0.273. The third kappa shape index (κ3) is 5.40. The van der Waals surface area contributed by atoms with Crippen LogP contribution in [0.3, 0.4) is 0 Å². The first-order valence-corrected chi connectivity index (χ1v) is 10.5. The molecule has 2 heterocycles. The number of carbonyl (C=O) groups is 1. The third-order valence-electron chi connectivity index (χ3n) is 4.95. The zero-order chi connectivity index (χ0) is 20.1. The van der Waals surface area contributed by atoms with E-state index < -0.39 is 0 Å². The van der Waals surface area contributed by atoms with Crippen LogP contribution in [0.5, 0.6) is 0 Å². The van der Waals surface area contributed by atoms with Gasteiger partial charge in [-0.05, 0) is 29.8 Å². The molecule has 0 radical (unpaired) electrons. The van der Waals surface area contributed by atoms with Gasteiger partial charge >= 0.3 is 0 Å². The number of nitrogens with zero attached hydrogens (tertiary/aromatic N) is 3. The molecule has 2 aromatic carbocycles. The molecule has 150 valence electrons. The van der Waals surface area contributed by atoms with Crippen LogP contribution in [0, 0.1) is 5.82 Å². The average molecular weight is 411 g/mol. The zero-order valence-electron chi connectivity index (χ0n) is 16.1. The Morgan fingerprint density at radius 3 is 2.48 bits per heavy atom.